The fourth-order valence-electron chi connectivity index (χ4n) is 2.32. The van der Waals surface area contributed by atoms with Crippen molar-refractivity contribution in [3.05, 3.63) is 77.7 Å². The first-order valence-electron chi connectivity index (χ1n) is 7.98. The van der Waals surface area contributed by atoms with Gasteiger partial charge in [-0.3, -0.25) is 4.72 Å². The molecule has 0 spiro atoms. The van der Waals surface area contributed by atoms with Crippen LogP contribution in [0.15, 0.2) is 70.0 Å². The van der Waals surface area contributed by atoms with Crippen LogP contribution in [0.4, 0.5) is 5.69 Å². The van der Waals surface area contributed by atoms with Gasteiger partial charge in [0, 0.05) is 0 Å². The standard InChI is InChI=1S/C19H17NO6S/c1-13-6-9-15(10-7-13)27(23,24)20-16-4-2-3-5-17(16)25-12-14-8-11-18(26-14)19(21)22/h2-11,20H,12H2,1H3,(H,21,22). The van der Waals surface area contributed by atoms with E-state index in [9.17, 15) is 13.2 Å². The SMILES string of the molecule is Cc1ccc(S(=O)(=O)Nc2ccccc2OCc2ccc(C(=O)O)o2)cc1. The first kappa shape index (κ1) is 18.5. The summed E-state index contributed by atoms with van der Waals surface area (Å²) >= 11 is 0. The summed E-state index contributed by atoms with van der Waals surface area (Å²) in [5.74, 6) is -0.764. The first-order chi connectivity index (χ1) is 12.8. The predicted octanol–water partition coefficient (Wildman–Crippen LogP) is 3.67. The zero-order valence-corrected chi connectivity index (χ0v) is 15.2. The van der Waals surface area contributed by atoms with E-state index < -0.39 is 16.0 Å². The molecule has 1 heterocycles. The van der Waals surface area contributed by atoms with Crippen LogP contribution in [0.1, 0.15) is 21.9 Å². The highest BCUT2D eigenvalue weighted by molar-refractivity contribution is 7.92. The molecule has 0 atom stereocenters. The number of rotatable bonds is 7. The monoisotopic (exact) mass is 387 g/mol. The van der Waals surface area contributed by atoms with E-state index in [0.717, 1.165) is 5.56 Å². The van der Waals surface area contributed by atoms with E-state index in [0.29, 0.717) is 11.5 Å². The molecule has 0 bridgehead atoms. The molecule has 140 valence electrons. The molecule has 2 N–H and O–H groups in total. The van der Waals surface area contributed by atoms with Crippen molar-refractivity contribution in [1.29, 1.82) is 0 Å². The summed E-state index contributed by atoms with van der Waals surface area (Å²) in [6.07, 6.45) is 0. The lowest BCUT2D eigenvalue weighted by Gasteiger charge is -2.13. The smallest absolute Gasteiger partial charge is 0.371 e. The molecular weight excluding hydrogens is 370 g/mol. The van der Waals surface area contributed by atoms with Crippen molar-refractivity contribution in [3.8, 4) is 5.75 Å². The van der Waals surface area contributed by atoms with E-state index in [1.54, 1.807) is 36.4 Å². The third-order valence-electron chi connectivity index (χ3n) is 3.71. The van der Waals surface area contributed by atoms with Crippen molar-refractivity contribution in [1.82, 2.24) is 0 Å². The van der Waals surface area contributed by atoms with Crippen molar-refractivity contribution in [2.24, 2.45) is 0 Å². The summed E-state index contributed by atoms with van der Waals surface area (Å²) in [5.41, 5.74) is 1.22. The highest BCUT2D eigenvalue weighted by Crippen LogP contribution is 2.27. The molecular formula is C19H17NO6S. The molecule has 0 amide bonds. The Labute approximate surface area is 156 Å². The molecule has 1 aromatic heterocycles. The number of benzene rings is 2. The molecule has 0 fully saturated rings. The highest BCUT2D eigenvalue weighted by Gasteiger charge is 2.17. The number of aromatic carboxylic acids is 1. The van der Waals surface area contributed by atoms with E-state index in [4.69, 9.17) is 14.3 Å². The average molecular weight is 387 g/mol. The quantitative estimate of drug-likeness (QED) is 0.641. The molecule has 0 unspecified atom stereocenters. The molecule has 0 aliphatic rings. The lowest BCUT2D eigenvalue weighted by atomic mass is 10.2. The summed E-state index contributed by atoms with van der Waals surface area (Å²) in [7, 11) is -3.77. The number of sulfonamides is 1. The second-order valence-electron chi connectivity index (χ2n) is 5.77. The minimum Gasteiger partial charge on any atom is -0.483 e. The second kappa shape index (κ2) is 7.55. The van der Waals surface area contributed by atoms with E-state index in [1.165, 1.54) is 24.3 Å². The van der Waals surface area contributed by atoms with Crippen LogP contribution in [-0.2, 0) is 16.6 Å². The average Bonchev–Trinajstić information content (AvgIpc) is 3.10. The number of nitrogens with one attached hydrogen (secondary N) is 1. The summed E-state index contributed by atoms with van der Waals surface area (Å²) in [6.45, 7) is 1.83. The Morgan fingerprint density at radius 1 is 1.07 bits per heavy atom. The Kier molecular flexibility index (Phi) is 5.18. The molecule has 3 aromatic rings. The Hall–Kier alpha value is -3.26. The van der Waals surface area contributed by atoms with Gasteiger partial charge in [0.2, 0.25) is 5.76 Å². The number of anilines is 1. The number of carbonyl (C=O) groups is 1. The van der Waals surface area contributed by atoms with Crippen molar-refractivity contribution < 1.29 is 27.5 Å². The molecule has 0 saturated heterocycles. The predicted molar refractivity (Wildman–Crippen MR) is 98.4 cm³/mol. The highest BCUT2D eigenvalue weighted by atomic mass is 32.2. The Morgan fingerprint density at radius 3 is 2.44 bits per heavy atom. The van der Waals surface area contributed by atoms with Crippen LogP contribution in [0.5, 0.6) is 5.75 Å². The van der Waals surface area contributed by atoms with Crippen molar-refractivity contribution in [2.45, 2.75) is 18.4 Å². The number of hydrogen-bond donors (Lipinski definition) is 2. The molecule has 7 nitrogen and oxygen atoms in total. The zero-order valence-electron chi connectivity index (χ0n) is 14.4. The van der Waals surface area contributed by atoms with E-state index in [1.807, 2.05) is 6.92 Å². The number of ether oxygens (including phenoxy) is 1. The lowest BCUT2D eigenvalue weighted by Crippen LogP contribution is -2.13. The van der Waals surface area contributed by atoms with E-state index in [-0.39, 0.29) is 22.9 Å². The zero-order chi connectivity index (χ0) is 19.4. The number of carboxylic acids is 1. The number of para-hydroxylation sites is 2. The third-order valence-corrected chi connectivity index (χ3v) is 5.09. The van der Waals surface area contributed by atoms with E-state index in [2.05, 4.69) is 4.72 Å². The first-order valence-corrected chi connectivity index (χ1v) is 9.47. The maximum absolute atomic E-state index is 12.6. The number of hydrogen-bond acceptors (Lipinski definition) is 5. The van der Waals surface area contributed by atoms with Crippen molar-refractivity contribution in [3.63, 3.8) is 0 Å². The van der Waals surface area contributed by atoms with Gasteiger partial charge in [0.05, 0.1) is 10.6 Å². The normalized spacial score (nSPS) is 11.1. The molecule has 8 heteroatoms. The summed E-state index contributed by atoms with van der Waals surface area (Å²) in [4.78, 5) is 11.0. The minimum atomic E-state index is -3.77. The third kappa shape index (κ3) is 4.48. The topological polar surface area (TPSA) is 106 Å². The molecule has 0 radical (unpaired) electrons. The fraction of sp³-hybridized carbons (Fsp3) is 0.105. The molecule has 0 aliphatic carbocycles. The van der Waals surface area contributed by atoms with Gasteiger partial charge in [0.15, 0.2) is 0 Å². The Morgan fingerprint density at radius 2 is 1.78 bits per heavy atom. The van der Waals surface area contributed by atoms with Gasteiger partial charge in [-0.1, -0.05) is 29.8 Å². The molecule has 3 rings (SSSR count). The Bertz CT molecular complexity index is 1050. The lowest BCUT2D eigenvalue weighted by molar-refractivity contribution is 0.0658. The minimum absolute atomic E-state index is 0.0451. The molecule has 0 saturated carbocycles. The number of aryl methyl sites for hydroxylation is 1. The molecule has 0 aliphatic heterocycles. The number of furan rings is 1. The largest absolute Gasteiger partial charge is 0.483 e. The fourth-order valence-corrected chi connectivity index (χ4v) is 3.39. The van der Waals surface area contributed by atoms with Gasteiger partial charge in [0.25, 0.3) is 10.0 Å². The van der Waals surface area contributed by atoms with Crippen molar-refractivity contribution in [2.75, 3.05) is 4.72 Å². The number of carboxylic acid groups (broad SMARTS) is 1. The van der Waals surface area contributed by atoms with Gasteiger partial charge in [-0.05, 0) is 43.3 Å². The van der Waals surface area contributed by atoms with Gasteiger partial charge in [-0.15, -0.1) is 0 Å². The maximum Gasteiger partial charge on any atom is 0.371 e. The van der Waals surface area contributed by atoms with Crippen LogP contribution in [0, 0.1) is 6.92 Å². The van der Waals surface area contributed by atoms with Crippen LogP contribution < -0.4 is 9.46 Å². The maximum atomic E-state index is 12.6. The summed E-state index contributed by atoms with van der Waals surface area (Å²) in [6, 6.07) is 15.9. The van der Waals surface area contributed by atoms with Gasteiger partial charge in [0.1, 0.15) is 18.1 Å². The van der Waals surface area contributed by atoms with Crippen LogP contribution >= 0.6 is 0 Å². The van der Waals surface area contributed by atoms with Crippen LogP contribution in [0.3, 0.4) is 0 Å². The van der Waals surface area contributed by atoms with Gasteiger partial charge in [-0.2, -0.15) is 0 Å². The van der Waals surface area contributed by atoms with E-state index >= 15 is 0 Å². The van der Waals surface area contributed by atoms with Crippen LogP contribution in [0.25, 0.3) is 0 Å². The summed E-state index contributed by atoms with van der Waals surface area (Å²) < 4.78 is 38.4. The van der Waals surface area contributed by atoms with Crippen LogP contribution in [0.2, 0.25) is 0 Å². The molecule has 2 aromatic carbocycles. The van der Waals surface area contributed by atoms with Crippen LogP contribution in [-0.4, -0.2) is 19.5 Å². The van der Waals surface area contributed by atoms with Gasteiger partial charge >= 0.3 is 5.97 Å². The summed E-state index contributed by atoms with van der Waals surface area (Å²) in [5, 5.41) is 8.87. The molecule has 27 heavy (non-hydrogen) atoms. The second-order valence-corrected chi connectivity index (χ2v) is 7.46. The Balaban J connectivity index is 1.77. The van der Waals surface area contributed by atoms with Gasteiger partial charge in [-0.25, -0.2) is 13.2 Å². The van der Waals surface area contributed by atoms with Gasteiger partial charge < -0.3 is 14.3 Å². The van der Waals surface area contributed by atoms with Crippen molar-refractivity contribution >= 4 is 21.7 Å².